The molecule has 0 fully saturated rings. The van der Waals surface area contributed by atoms with Crippen molar-refractivity contribution in [2.45, 2.75) is 47.1 Å². The van der Waals surface area contributed by atoms with Gasteiger partial charge in [-0.2, -0.15) is 0 Å². The maximum Gasteiger partial charge on any atom is 0.161 e. The third-order valence-electron chi connectivity index (χ3n) is 5.05. The molecule has 1 aliphatic rings. The fraction of sp³-hybridized carbons (Fsp3) is 0.455. The van der Waals surface area contributed by atoms with Gasteiger partial charge in [0.15, 0.2) is 11.5 Å². The Morgan fingerprint density at radius 2 is 1.46 bits per heavy atom. The summed E-state index contributed by atoms with van der Waals surface area (Å²) in [5.74, 6) is 1.71. The van der Waals surface area contributed by atoms with Crippen molar-refractivity contribution in [3.8, 4) is 11.5 Å². The molecule has 1 atom stereocenters. The van der Waals surface area contributed by atoms with Crippen LogP contribution >= 0.6 is 12.4 Å². The van der Waals surface area contributed by atoms with E-state index < -0.39 is 0 Å². The molecule has 0 amide bonds. The van der Waals surface area contributed by atoms with E-state index in [0.717, 1.165) is 24.5 Å². The van der Waals surface area contributed by atoms with Gasteiger partial charge in [0.05, 0.1) is 19.3 Å². The normalized spacial score (nSPS) is 15.8. The first-order chi connectivity index (χ1) is 12.0. The number of fused-ring (bicyclic) bond motifs is 1. The highest BCUT2D eigenvalue weighted by atomic mass is 35.5. The topological polar surface area (TPSA) is 30.5 Å². The molecule has 0 aliphatic carbocycles. The molecule has 0 radical (unpaired) electrons. The standard InChI is InChI=1S/C22H29NO2.ClH/c1-6-24-20-12-17-8-9-23-22(19(17)13-21(20)25-7-2)18-11-15(4)14(3)10-16(18)5;/h10-13,22-23H,6-9H2,1-5H3;1H. The van der Waals surface area contributed by atoms with Crippen LogP contribution in [0.3, 0.4) is 0 Å². The predicted octanol–water partition coefficient (Wildman–Crippen LogP) is 5.07. The van der Waals surface area contributed by atoms with Crippen molar-refractivity contribution in [1.82, 2.24) is 5.32 Å². The van der Waals surface area contributed by atoms with Crippen LogP contribution in [0.4, 0.5) is 0 Å². The molecule has 1 heterocycles. The molecule has 1 N–H and O–H groups in total. The van der Waals surface area contributed by atoms with E-state index in [1.54, 1.807) is 0 Å². The number of hydrogen-bond acceptors (Lipinski definition) is 3. The van der Waals surface area contributed by atoms with E-state index in [0.29, 0.717) is 13.2 Å². The number of halogens is 1. The van der Waals surface area contributed by atoms with Crippen molar-refractivity contribution >= 4 is 12.4 Å². The molecule has 0 spiro atoms. The van der Waals surface area contributed by atoms with Gasteiger partial charge in [0.2, 0.25) is 0 Å². The summed E-state index contributed by atoms with van der Waals surface area (Å²) in [5, 5.41) is 3.70. The van der Waals surface area contributed by atoms with E-state index in [9.17, 15) is 0 Å². The molecule has 3 nitrogen and oxygen atoms in total. The molecule has 0 bridgehead atoms. The zero-order valence-electron chi connectivity index (χ0n) is 16.4. The van der Waals surface area contributed by atoms with Crippen LogP contribution in [0.5, 0.6) is 11.5 Å². The van der Waals surface area contributed by atoms with Crippen LogP contribution in [0.2, 0.25) is 0 Å². The smallest absolute Gasteiger partial charge is 0.161 e. The fourth-order valence-corrected chi connectivity index (χ4v) is 3.67. The first kappa shape index (κ1) is 20.6. The average molecular weight is 376 g/mol. The van der Waals surface area contributed by atoms with Crippen molar-refractivity contribution in [2.24, 2.45) is 0 Å². The van der Waals surface area contributed by atoms with E-state index in [1.165, 1.54) is 33.4 Å². The van der Waals surface area contributed by atoms with Gasteiger partial charge in [0.1, 0.15) is 0 Å². The molecule has 2 aromatic rings. The lowest BCUT2D eigenvalue weighted by molar-refractivity contribution is 0.286. The lowest BCUT2D eigenvalue weighted by atomic mass is 9.86. The highest BCUT2D eigenvalue weighted by Gasteiger charge is 2.25. The Morgan fingerprint density at radius 1 is 0.846 bits per heavy atom. The van der Waals surface area contributed by atoms with Crippen molar-refractivity contribution in [3.63, 3.8) is 0 Å². The van der Waals surface area contributed by atoms with E-state index in [2.05, 4.69) is 50.4 Å². The molecule has 4 heteroatoms. The van der Waals surface area contributed by atoms with Gasteiger partial charge < -0.3 is 14.8 Å². The Hall–Kier alpha value is -1.71. The second-order valence-corrected chi connectivity index (χ2v) is 6.79. The minimum absolute atomic E-state index is 0. The van der Waals surface area contributed by atoms with Crippen LogP contribution in [0, 0.1) is 20.8 Å². The van der Waals surface area contributed by atoms with Gasteiger partial charge in [-0.15, -0.1) is 12.4 Å². The van der Waals surface area contributed by atoms with Crippen LogP contribution in [-0.2, 0) is 6.42 Å². The summed E-state index contributed by atoms with van der Waals surface area (Å²) >= 11 is 0. The van der Waals surface area contributed by atoms with Crippen molar-refractivity contribution in [3.05, 3.63) is 57.6 Å². The van der Waals surface area contributed by atoms with Gasteiger partial charge in [-0.25, -0.2) is 0 Å². The van der Waals surface area contributed by atoms with Gasteiger partial charge in [0, 0.05) is 6.54 Å². The Balaban J connectivity index is 0.00000243. The Kier molecular flexibility index (Phi) is 6.96. The van der Waals surface area contributed by atoms with Gasteiger partial charge in [0.25, 0.3) is 0 Å². The maximum absolute atomic E-state index is 5.86. The number of benzene rings is 2. The molecule has 1 unspecified atom stereocenters. The second kappa shape index (κ2) is 8.79. The SMILES string of the molecule is CCOc1cc2c(cc1OCC)C(c1cc(C)c(C)cc1C)NCC2.Cl. The summed E-state index contributed by atoms with van der Waals surface area (Å²) in [6, 6.07) is 9.17. The highest BCUT2D eigenvalue weighted by Crippen LogP contribution is 2.38. The quantitative estimate of drug-likeness (QED) is 0.791. The van der Waals surface area contributed by atoms with Crippen LogP contribution in [0.25, 0.3) is 0 Å². The monoisotopic (exact) mass is 375 g/mol. The zero-order chi connectivity index (χ0) is 18.0. The van der Waals surface area contributed by atoms with Crippen molar-refractivity contribution < 1.29 is 9.47 Å². The van der Waals surface area contributed by atoms with Gasteiger partial charge in [-0.05, 0) is 86.6 Å². The highest BCUT2D eigenvalue weighted by molar-refractivity contribution is 5.85. The van der Waals surface area contributed by atoms with E-state index >= 15 is 0 Å². The molecule has 1 aliphatic heterocycles. The predicted molar refractivity (Wildman–Crippen MR) is 110 cm³/mol. The number of hydrogen-bond donors (Lipinski definition) is 1. The summed E-state index contributed by atoms with van der Waals surface area (Å²) < 4.78 is 11.7. The molecule has 0 aromatic heterocycles. The summed E-state index contributed by atoms with van der Waals surface area (Å²) in [7, 11) is 0. The van der Waals surface area contributed by atoms with E-state index in [4.69, 9.17) is 9.47 Å². The lowest BCUT2D eigenvalue weighted by Crippen LogP contribution is -2.31. The summed E-state index contributed by atoms with van der Waals surface area (Å²) in [6.45, 7) is 12.9. The number of nitrogens with one attached hydrogen (secondary N) is 1. The molecular weight excluding hydrogens is 346 g/mol. The Morgan fingerprint density at radius 3 is 2.12 bits per heavy atom. The number of ether oxygens (including phenoxy) is 2. The first-order valence-electron chi connectivity index (χ1n) is 9.28. The van der Waals surface area contributed by atoms with Crippen LogP contribution in [-0.4, -0.2) is 19.8 Å². The molecular formula is C22H30ClNO2. The van der Waals surface area contributed by atoms with Crippen molar-refractivity contribution in [2.75, 3.05) is 19.8 Å². The third kappa shape index (κ3) is 3.99. The van der Waals surface area contributed by atoms with Crippen LogP contribution in [0.15, 0.2) is 24.3 Å². The Labute approximate surface area is 163 Å². The minimum Gasteiger partial charge on any atom is -0.490 e. The first-order valence-corrected chi connectivity index (χ1v) is 9.28. The van der Waals surface area contributed by atoms with Gasteiger partial charge >= 0.3 is 0 Å². The second-order valence-electron chi connectivity index (χ2n) is 6.79. The molecule has 0 saturated carbocycles. The minimum atomic E-state index is 0. The molecule has 142 valence electrons. The molecule has 3 rings (SSSR count). The summed E-state index contributed by atoms with van der Waals surface area (Å²) in [4.78, 5) is 0. The molecule has 26 heavy (non-hydrogen) atoms. The summed E-state index contributed by atoms with van der Waals surface area (Å²) in [5.41, 5.74) is 8.04. The number of rotatable bonds is 5. The molecule has 0 saturated heterocycles. The van der Waals surface area contributed by atoms with Crippen molar-refractivity contribution in [1.29, 1.82) is 0 Å². The Bertz CT molecular complexity index is 773. The zero-order valence-corrected chi connectivity index (χ0v) is 17.3. The van der Waals surface area contributed by atoms with E-state index in [1.807, 2.05) is 13.8 Å². The van der Waals surface area contributed by atoms with Gasteiger partial charge in [-0.1, -0.05) is 12.1 Å². The van der Waals surface area contributed by atoms with Gasteiger partial charge in [-0.3, -0.25) is 0 Å². The van der Waals surface area contributed by atoms with Crippen LogP contribution < -0.4 is 14.8 Å². The summed E-state index contributed by atoms with van der Waals surface area (Å²) in [6.07, 6.45) is 1.02. The largest absolute Gasteiger partial charge is 0.490 e. The van der Waals surface area contributed by atoms with E-state index in [-0.39, 0.29) is 18.4 Å². The maximum atomic E-state index is 5.86. The lowest BCUT2D eigenvalue weighted by Gasteiger charge is -2.30. The van der Waals surface area contributed by atoms with Crippen LogP contribution in [0.1, 0.15) is 53.3 Å². The number of aryl methyl sites for hydroxylation is 3. The third-order valence-corrected chi connectivity index (χ3v) is 5.05. The fourth-order valence-electron chi connectivity index (χ4n) is 3.67. The average Bonchev–Trinajstić information content (AvgIpc) is 2.59. The molecule has 2 aromatic carbocycles.